The van der Waals surface area contributed by atoms with Crippen LogP contribution in [0.4, 0.5) is 14.7 Å². The number of rotatable bonds is 2. The molecule has 6 heteroatoms. The molecule has 1 aromatic carbocycles. The number of nitrogen functional groups attached to an aromatic ring is 1. The van der Waals surface area contributed by atoms with E-state index < -0.39 is 11.6 Å². The van der Waals surface area contributed by atoms with Crippen LogP contribution in [0.25, 0.3) is 11.4 Å². The molecular formula is C12H10F2N4. The van der Waals surface area contributed by atoms with Crippen LogP contribution in [0.2, 0.25) is 0 Å². The maximum Gasteiger partial charge on any atom is 0.223 e. The normalized spacial score (nSPS) is 14.8. The Morgan fingerprint density at radius 2 is 1.83 bits per heavy atom. The van der Waals surface area contributed by atoms with Gasteiger partial charge in [-0.05, 0) is 31.0 Å². The van der Waals surface area contributed by atoms with E-state index in [2.05, 4.69) is 15.0 Å². The van der Waals surface area contributed by atoms with Crippen molar-refractivity contribution in [1.82, 2.24) is 15.0 Å². The smallest absolute Gasteiger partial charge is 0.223 e. The Hall–Kier alpha value is -2.11. The van der Waals surface area contributed by atoms with Gasteiger partial charge in [0, 0.05) is 11.5 Å². The van der Waals surface area contributed by atoms with Crippen molar-refractivity contribution >= 4 is 5.95 Å². The van der Waals surface area contributed by atoms with Crippen LogP contribution >= 0.6 is 0 Å². The number of hydrogen-bond acceptors (Lipinski definition) is 4. The predicted octanol–water partition coefficient (Wildman–Crippen LogP) is 2.28. The number of halogens is 2. The number of hydrogen-bond donors (Lipinski definition) is 1. The van der Waals surface area contributed by atoms with E-state index >= 15 is 0 Å². The monoisotopic (exact) mass is 248 g/mol. The maximum atomic E-state index is 13.2. The summed E-state index contributed by atoms with van der Waals surface area (Å²) in [7, 11) is 0. The predicted molar refractivity (Wildman–Crippen MR) is 61.6 cm³/mol. The first-order valence-electron chi connectivity index (χ1n) is 5.60. The van der Waals surface area contributed by atoms with Crippen LogP contribution < -0.4 is 5.73 Å². The van der Waals surface area contributed by atoms with E-state index in [9.17, 15) is 8.78 Å². The van der Waals surface area contributed by atoms with Gasteiger partial charge in [0.2, 0.25) is 5.95 Å². The molecule has 0 atom stereocenters. The number of benzene rings is 1. The summed E-state index contributed by atoms with van der Waals surface area (Å²) in [5.41, 5.74) is 5.99. The molecule has 1 heterocycles. The average molecular weight is 248 g/mol. The van der Waals surface area contributed by atoms with Gasteiger partial charge in [-0.1, -0.05) is 0 Å². The molecule has 0 amide bonds. The Morgan fingerprint density at radius 1 is 1.06 bits per heavy atom. The average Bonchev–Trinajstić information content (AvgIpc) is 3.16. The standard InChI is InChI=1S/C12H10F2N4/c13-8-4-3-7(5-9(8)14)11-16-10(6-1-2-6)17-12(15)18-11/h3-6H,1-2H2,(H2,15,16,17,18). The second kappa shape index (κ2) is 3.97. The third-order valence-corrected chi connectivity index (χ3v) is 2.79. The lowest BCUT2D eigenvalue weighted by molar-refractivity contribution is 0.509. The molecule has 2 aromatic rings. The van der Waals surface area contributed by atoms with Crippen LogP contribution in [0.3, 0.4) is 0 Å². The number of nitrogens with zero attached hydrogens (tertiary/aromatic N) is 3. The van der Waals surface area contributed by atoms with Gasteiger partial charge < -0.3 is 5.73 Å². The van der Waals surface area contributed by atoms with Crippen molar-refractivity contribution < 1.29 is 8.78 Å². The molecule has 3 rings (SSSR count). The van der Waals surface area contributed by atoms with Crippen molar-refractivity contribution in [3.8, 4) is 11.4 Å². The fourth-order valence-corrected chi connectivity index (χ4v) is 1.70. The van der Waals surface area contributed by atoms with Crippen LogP contribution in [-0.2, 0) is 0 Å². The third kappa shape index (κ3) is 2.01. The van der Waals surface area contributed by atoms with E-state index in [1.165, 1.54) is 6.07 Å². The lowest BCUT2D eigenvalue weighted by atomic mass is 10.2. The molecule has 4 nitrogen and oxygen atoms in total. The van der Waals surface area contributed by atoms with Crippen LogP contribution in [0.5, 0.6) is 0 Å². The van der Waals surface area contributed by atoms with E-state index in [-0.39, 0.29) is 11.8 Å². The highest BCUT2D eigenvalue weighted by molar-refractivity contribution is 5.56. The molecule has 0 unspecified atom stereocenters. The fourth-order valence-electron chi connectivity index (χ4n) is 1.70. The van der Waals surface area contributed by atoms with Crippen LogP contribution in [0.1, 0.15) is 24.6 Å². The molecule has 1 aromatic heterocycles. The summed E-state index contributed by atoms with van der Waals surface area (Å²) in [6.07, 6.45) is 2.06. The first-order chi connectivity index (χ1) is 8.63. The van der Waals surface area contributed by atoms with E-state index in [1.54, 1.807) is 0 Å². The number of nitrogens with two attached hydrogens (primary N) is 1. The second-order valence-corrected chi connectivity index (χ2v) is 4.28. The molecule has 0 bridgehead atoms. The van der Waals surface area contributed by atoms with Crippen molar-refractivity contribution in [3.63, 3.8) is 0 Å². The van der Waals surface area contributed by atoms with Crippen molar-refractivity contribution in [2.24, 2.45) is 0 Å². The van der Waals surface area contributed by atoms with Gasteiger partial charge in [-0.2, -0.15) is 9.97 Å². The summed E-state index contributed by atoms with van der Waals surface area (Å²) < 4.78 is 26.0. The van der Waals surface area contributed by atoms with Gasteiger partial charge in [0.25, 0.3) is 0 Å². The first kappa shape index (κ1) is 11.0. The molecule has 0 aliphatic heterocycles. The second-order valence-electron chi connectivity index (χ2n) is 4.28. The Kier molecular flexibility index (Phi) is 2.43. The molecule has 0 spiro atoms. The van der Waals surface area contributed by atoms with Gasteiger partial charge in [0.15, 0.2) is 17.5 Å². The highest BCUT2D eigenvalue weighted by Crippen LogP contribution is 2.38. The van der Waals surface area contributed by atoms with Crippen LogP contribution in [0, 0.1) is 11.6 Å². The van der Waals surface area contributed by atoms with E-state index in [4.69, 9.17) is 5.73 Å². The summed E-state index contributed by atoms with van der Waals surface area (Å²) in [6.45, 7) is 0. The molecular weight excluding hydrogens is 238 g/mol. The summed E-state index contributed by atoms with van der Waals surface area (Å²) in [5, 5.41) is 0. The molecule has 1 aliphatic rings. The van der Waals surface area contributed by atoms with Gasteiger partial charge in [0.05, 0.1) is 0 Å². The zero-order valence-corrected chi connectivity index (χ0v) is 9.40. The molecule has 0 saturated heterocycles. The van der Waals surface area contributed by atoms with Crippen LogP contribution in [-0.4, -0.2) is 15.0 Å². The van der Waals surface area contributed by atoms with Crippen molar-refractivity contribution in [2.45, 2.75) is 18.8 Å². The highest BCUT2D eigenvalue weighted by atomic mass is 19.2. The largest absolute Gasteiger partial charge is 0.368 e. The summed E-state index contributed by atoms with van der Waals surface area (Å²) in [4.78, 5) is 12.2. The topological polar surface area (TPSA) is 64.7 Å². The zero-order valence-electron chi connectivity index (χ0n) is 9.40. The maximum absolute atomic E-state index is 13.2. The summed E-state index contributed by atoms with van der Waals surface area (Å²) >= 11 is 0. The summed E-state index contributed by atoms with van der Waals surface area (Å²) in [5.74, 6) is -0.501. The lowest BCUT2D eigenvalue weighted by Gasteiger charge is -2.04. The highest BCUT2D eigenvalue weighted by Gasteiger charge is 2.27. The minimum absolute atomic E-state index is 0.103. The lowest BCUT2D eigenvalue weighted by Crippen LogP contribution is -2.04. The Labute approximate surface area is 102 Å². The molecule has 92 valence electrons. The fraction of sp³-hybridized carbons (Fsp3) is 0.250. The van der Waals surface area contributed by atoms with Gasteiger partial charge in [0.1, 0.15) is 5.82 Å². The number of anilines is 1. The molecule has 0 radical (unpaired) electrons. The Morgan fingerprint density at radius 3 is 2.50 bits per heavy atom. The molecule has 2 N–H and O–H groups in total. The molecule has 1 aliphatic carbocycles. The van der Waals surface area contributed by atoms with Gasteiger partial charge in [-0.25, -0.2) is 13.8 Å². The molecule has 18 heavy (non-hydrogen) atoms. The Balaban J connectivity index is 2.07. The summed E-state index contributed by atoms with van der Waals surface area (Å²) in [6, 6.07) is 3.52. The third-order valence-electron chi connectivity index (χ3n) is 2.79. The van der Waals surface area contributed by atoms with Gasteiger partial charge in [-0.15, -0.1) is 0 Å². The van der Waals surface area contributed by atoms with Crippen molar-refractivity contribution in [1.29, 1.82) is 0 Å². The first-order valence-corrected chi connectivity index (χ1v) is 5.60. The zero-order chi connectivity index (χ0) is 12.7. The van der Waals surface area contributed by atoms with Crippen LogP contribution in [0.15, 0.2) is 18.2 Å². The van der Waals surface area contributed by atoms with E-state index in [1.807, 2.05) is 0 Å². The minimum atomic E-state index is -0.931. The molecule has 1 fully saturated rings. The quantitative estimate of drug-likeness (QED) is 0.885. The van der Waals surface area contributed by atoms with E-state index in [0.29, 0.717) is 17.3 Å². The minimum Gasteiger partial charge on any atom is -0.368 e. The van der Waals surface area contributed by atoms with Crippen molar-refractivity contribution in [2.75, 3.05) is 5.73 Å². The van der Waals surface area contributed by atoms with Crippen molar-refractivity contribution in [3.05, 3.63) is 35.7 Å². The van der Waals surface area contributed by atoms with Gasteiger partial charge in [-0.3, -0.25) is 0 Å². The van der Waals surface area contributed by atoms with E-state index in [0.717, 1.165) is 25.0 Å². The Bertz CT molecular complexity index is 611. The number of aromatic nitrogens is 3. The van der Waals surface area contributed by atoms with Gasteiger partial charge >= 0.3 is 0 Å². The molecule has 1 saturated carbocycles. The SMILES string of the molecule is Nc1nc(-c2ccc(F)c(F)c2)nc(C2CC2)n1.